The van der Waals surface area contributed by atoms with Gasteiger partial charge in [0.15, 0.2) is 0 Å². The Kier molecular flexibility index (Phi) is 5.48. The topological polar surface area (TPSA) is 71.7 Å². The fraction of sp³-hybridized carbons (Fsp3) is 0.261. The number of ether oxygens (including phenoxy) is 1. The largest absolute Gasteiger partial charge is 0.425 e. The standard InChI is InChI=1S/C23H20ClNO4/c24-18-6-3-4-16(14-18)8-11-23(27)12-9-19(10-13-23)25-22(26)29-21-15-17-5-1-2-7-20(17)28-21/h1-7,14-15,19,27H,9-10,12-13H2,(H,25,26). The van der Waals surface area contributed by atoms with Crippen LogP contribution < -0.4 is 10.1 Å². The molecule has 4 rings (SSSR count). The van der Waals surface area contributed by atoms with Crippen molar-refractivity contribution in [1.82, 2.24) is 5.32 Å². The van der Waals surface area contributed by atoms with Gasteiger partial charge in [-0.2, -0.15) is 0 Å². The lowest BCUT2D eigenvalue weighted by Gasteiger charge is -2.32. The SMILES string of the molecule is O=C(NC1CCC(O)(C#Cc2cccc(Cl)c2)CC1)Oc1cc2ccccc2o1. The van der Waals surface area contributed by atoms with Crippen LogP contribution in [0.5, 0.6) is 5.95 Å². The van der Waals surface area contributed by atoms with Gasteiger partial charge in [-0.05, 0) is 49.9 Å². The number of carbonyl (C=O) groups is 1. The summed E-state index contributed by atoms with van der Waals surface area (Å²) in [5, 5.41) is 15.0. The normalized spacial score (nSPS) is 21.2. The fourth-order valence-electron chi connectivity index (χ4n) is 3.41. The van der Waals surface area contributed by atoms with Crippen molar-refractivity contribution in [2.75, 3.05) is 0 Å². The molecule has 1 fully saturated rings. The molecule has 2 N–H and O–H groups in total. The van der Waals surface area contributed by atoms with Gasteiger partial charge in [-0.15, -0.1) is 0 Å². The minimum absolute atomic E-state index is 0.0832. The van der Waals surface area contributed by atoms with E-state index in [2.05, 4.69) is 17.2 Å². The van der Waals surface area contributed by atoms with Crippen LogP contribution in [-0.4, -0.2) is 22.8 Å². The van der Waals surface area contributed by atoms with Gasteiger partial charge in [-0.25, -0.2) is 4.79 Å². The first-order valence-corrected chi connectivity index (χ1v) is 9.85. The maximum atomic E-state index is 12.2. The van der Waals surface area contributed by atoms with Crippen LogP contribution in [0.15, 0.2) is 59.0 Å². The molecule has 0 unspecified atom stereocenters. The second-order valence-electron chi connectivity index (χ2n) is 7.20. The molecule has 1 amide bonds. The number of para-hydroxylation sites is 1. The molecule has 3 aromatic rings. The van der Waals surface area contributed by atoms with Crippen LogP contribution in [0.3, 0.4) is 0 Å². The molecular weight excluding hydrogens is 390 g/mol. The molecule has 0 radical (unpaired) electrons. The van der Waals surface area contributed by atoms with Gasteiger partial charge in [0.05, 0.1) is 0 Å². The van der Waals surface area contributed by atoms with Crippen molar-refractivity contribution in [2.45, 2.75) is 37.3 Å². The molecule has 5 nitrogen and oxygen atoms in total. The van der Waals surface area contributed by atoms with E-state index < -0.39 is 11.7 Å². The summed E-state index contributed by atoms with van der Waals surface area (Å²) in [5.41, 5.74) is 0.361. The van der Waals surface area contributed by atoms with E-state index in [0.717, 1.165) is 10.9 Å². The van der Waals surface area contributed by atoms with Gasteiger partial charge in [0.1, 0.15) is 11.2 Å². The Morgan fingerprint density at radius 2 is 1.97 bits per heavy atom. The van der Waals surface area contributed by atoms with E-state index in [0.29, 0.717) is 36.3 Å². The maximum Gasteiger partial charge on any atom is 0.415 e. The molecule has 0 atom stereocenters. The van der Waals surface area contributed by atoms with E-state index in [9.17, 15) is 9.90 Å². The van der Waals surface area contributed by atoms with Gasteiger partial charge < -0.3 is 19.6 Å². The summed E-state index contributed by atoms with van der Waals surface area (Å²) in [7, 11) is 0. The average molecular weight is 410 g/mol. The number of carbonyl (C=O) groups excluding carboxylic acids is 1. The predicted octanol–water partition coefficient (Wildman–Crippen LogP) is 4.90. The molecule has 1 aliphatic rings. The Balaban J connectivity index is 1.30. The van der Waals surface area contributed by atoms with Crippen molar-refractivity contribution < 1.29 is 19.1 Å². The summed E-state index contributed by atoms with van der Waals surface area (Å²) in [4.78, 5) is 12.2. The van der Waals surface area contributed by atoms with E-state index >= 15 is 0 Å². The van der Waals surface area contributed by atoms with Gasteiger partial charge in [0, 0.05) is 28.1 Å². The zero-order valence-electron chi connectivity index (χ0n) is 15.7. The first-order valence-electron chi connectivity index (χ1n) is 9.47. The van der Waals surface area contributed by atoms with Crippen molar-refractivity contribution in [3.8, 4) is 17.8 Å². The number of aliphatic hydroxyl groups is 1. The molecule has 0 bridgehead atoms. The molecule has 1 saturated carbocycles. The van der Waals surface area contributed by atoms with Crippen molar-refractivity contribution >= 4 is 28.7 Å². The van der Waals surface area contributed by atoms with Crippen LogP contribution in [0.25, 0.3) is 11.0 Å². The Labute approximate surface area is 173 Å². The summed E-state index contributed by atoms with van der Waals surface area (Å²) < 4.78 is 10.7. The Morgan fingerprint density at radius 1 is 1.17 bits per heavy atom. The van der Waals surface area contributed by atoms with Gasteiger partial charge in [0.2, 0.25) is 0 Å². The smallest absolute Gasteiger partial charge is 0.415 e. The van der Waals surface area contributed by atoms with Gasteiger partial charge >= 0.3 is 6.09 Å². The summed E-state index contributed by atoms with van der Waals surface area (Å²) in [6.07, 6.45) is 1.59. The Bertz CT molecular complexity index is 1050. The molecule has 2 aromatic carbocycles. The number of hydrogen-bond donors (Lipinski definition) is 2. The first kappa shape index (κ1) is 19.4. The molecule has 0 aliphatic heterocycles. The average Bonchev–Trinajstić information content (AvgIpc) is 3.11. The van der Waals surface area contributed by atoms with E-state index in [-0.39, 0.29) is 12.0 Å². The fourth-order valence-corrected chi connectivity index (χ4v) is 3.61. The van der Waals surface area contributed by atoms with Crippen LogP contribution in [-0.2, 0) is 0 Å². The highest BCUT2D eigenvalue weighted by atomic mass is 35.5. The number of halogens is 1. The predicted molar refractivity (Wildman–Crippen MR) is 111 cm³/mol. The molecule has 0 spiro atoms. The third kappa shape index (κ3) is 4.92. The third-order valence-corrected chi connectivity index (χ3v) is 5.23. The zero-order chi connectivity index (χ0) is 20.3. The molecule has 6 heteroatoms. The van der Waals surface area contributed by atoms with Crippen LogP contribution in [0.4, 0.5) is 4.79 Å². The van der Waals surface area contributed by atoms with Crippen LogP contribution in [0, 0.1) is 11.8 Å². The Hall–Kier alpha value is -2.94. The number of rotatable bonds is 2. The second-order valence-corrected chi connectivity index (χ2v) is 7.64. The number of nitrogens with one attached hydrogen (secondary N) is 1. The molecule has 1 aromatic heterocycles. The lowest BCUT2D eigenvalue weighted by molar-refractivity contribution is 0.0509. The number of benzene rings is 2. The summed E-state index contributed by atoms with van der Waals surface area (Å²) in [6, 6.07) is 16.3. The molecule has 0 saturated heterocycles. The molecule has 29 heavy (non-hydrogen) atoms. The number of amides is 1. The van der Waals surface area contributed by atoms with Crippen LogP contribution in [0.2, 0.25) is 5.02 Å². The molecule has 1 heterocycles. The quantitative estimate of drug-likeness (QED) is 0.590. The highest BCUT2D eigenvalue weighted by molar-refractivity contribution is 6.30. The highest BCUT2D eigenvalue weighted by Gasteiger charge is 2.32. The number of furan rings is 1. The second kappa shape index (κ2) is 8.20. The van der Waals surface area contributed by atoms with Crippen molar-refractivity contribution in [1.29, 1.82) is 0 Å². The molecule has 1 aliphatic carbocycles. The summed E-state index contributed by atoms with van der Waals surface area (Å²) in [5.74, 6) is 6.10. The number of fused-ring (bicyclic) bond motifs is 1. The van der Waals surface area contributed by atoms with E-state index in [4.69, 9.17) is 20.8 Å². The third-order valence-electron chi connectivity index (χ3n) is 5.00. The lowest BCUT2D eigenvalue weighted by Crippen LogP contribution is -2.43. The molecule has 148 valence electrons. The van der Waals surface area contributed by atoms with Crippen molar-refractivity contribution in [3.63, 3.8) is 0 Å². The monoisotopic (exact) mass is 409 g/mol. The van der Waals surface area contributed by atoms with E-state index in [1.54, 1.807) is 18.2 Å². The van der Waals surface area contributed by atoms with Gasteiger partial charge in [-0.1, -0.05) is 47.7 Å². The van der Waals surface area contributed by atoms with Crippen LogP contribution in [0.1, 0.15) is 31.2 Å². The lowest BCUT2D eigenvalue weighted by atomic mass is 9.82. The first-order chi connectivity index (χ1) is 14.0. The minimum atomic E-state index is -1.07. The van der Waals surface area contributed by atoms with Crippen molar-refractivity contribution in [3.05, 3.63) is 65.2 Å². The highest BCUT2D eigenvalue weighted by Crippen LogP contribution is 2.29. The summed E-state index contributed by atoms with van der Waals surface area (Å²) in [6.45, 7) is 0. The van der Waals surface area contributed by atoms with Gasteiger partial charge in [-0.3, -0.25) is 0 Å². The van der Waals surface area contributed by atoms with Gasteiger partial charge in [0.25, 0.3) is 5.95 Å². The minimum Gasteiger partial charge on any atom is -0.425 e. The molecular formula is C23H20ClNO4. The van der Waals surface area contributed by atoms with Crippen LogP contribution >= 0.6 is 11.6 Å². The summed E-state index contributed by atoms with van der Waals surface area (Å²) >= 11 is 5.96. The van der Waals surface area contributed by atoms with E-state index in [1.165, 1.54) is 0 Å². The Morgan fingerprint density at radius 3 is 2.72 bits per heavy atom. The number of hydrogen-bond acceptors (Lipinski definition) is 4. The van der Waals surface area contributed by atoms with Crippen molar-refractivity contribution in [2.24, 2.45) is 0 Å². The zero-order valence-corrected chi connectivity index (χ0v) is 16.4. The van der Waals surface area contributed by atoms with E-state index in [1.807, 2.05) is 36.4 Å². The maximum absolute atomic E-state index is 12.2.